The lowest BCUT2D eigenvalue weighted by Gasteiger charge is -2.34. The van der Waals surface area contributed by atoms with Crippen LogP contribution in [0.2, 0.25) is 0 Å². The highest BCUT2D eigenvalue weighted by Gasteiger charge is 2.25. The van der Waals surface area contributed by atoms with Crippen molar-refractivity contribution < 1.29 is 14.3 Å². The van der Waals surface area contributed by atoms with Gasteiger partial charge in [0.15, 0.2) is 5.13 Å². The summed E-state index contributed by atoms with van der Waals surface area (Å²) in [7, 11) is 0. The Hall–Kier alpha value is -1.71. The second-order valence-electron chi connectivity index (χ2n) is 8.52. The molecule has 0 radical (unpaired) electrons. The van der Waals surface area contributed by atoms with Gasteiger partial charge in [-0.3, -0.25) is 14.5 Å². The van der Waals surface area contributed by atoms with Crippen molar-refractivity contribution in [3.63, 3.8) is 0 Å². The summed E-state index contributed by atoms with van der Waals surface area (Å²) in [6.07, 6.45) is 8.50. The molecule has 2 amide bonds. The van der Waals surface area contributed by atoms with Crippen LogP contribution in [0.25, 0.3) is 0 Å². The van der Waals surface area contributed by atoms with Crippen molar-refractivity contribution in [3.05, 3.63) is 11.1 Å². The van der Waals surface area contributed by atoms with Crippen molar-refractivity contribution in [2.45, 2.75) is 57.1 Å². The quantitative estimate of drug-likeness (QED) is 0.681. The number of thiazole rings is 1. The fourth-order valence-electron chi connectivity index (χ4n) is 4.42. The Balaban J connectivity index is 1.18. The molecule has 8 nitrogen and oxygen atoms in total. The van der Waals surface area contributed by atoms with E-state index >= 15 is 0 Å². The highest BCUT2D eigenvalue weighted by atomic mass is 32.1. The molecule has 1 aromatic rings. The number of rotatable bonds is 7. The molecule has 3 fully saturated rings. The summed E-state index contributed by atoms with van der Waals surface area (Å²) in [4.78, 5) is 33.5. The Kier molecular flexibility index (Phi) is 7.57. The molecule has 1 aliphatic carbocycles. The molecule has 2 N–H and O–H groups in total. The predicted molar refractivity (Wildman–Crippen MR) is 117 cm³/mol. The maximum Gasteiger partial charge on any atom is 0.273 e. The molecule has 0 bridgehead atoms. The summed E-state index contributed by atoms with van der Waals surface area (Å²) in [5, 5.41) is 9.17. The Morgan fingerprint density at radius 1 is 1.10 bits per heavy atom. The highest BCUT2D eigenvalue weighted by molar-refractivity contribution is 7.13. The molecule has 2 aliphatic heterocycles. The number of amides is 2. The van der Waals surface area contributed by atoms with Gasteiger partial charge in [-0.15, -0.1) is 11.3 Å². The first-order valence-electron chi connectivity index (χ1n) is 11.3. The van der Waals surface area contributed by atoms with Gasteiger partial charge in [0, 0.05) is 50.8 Å². The molecular weight excluding hydrogens is 402 g/mol. The summed E-state index contributed by atoms with van der Waals surface area (Å²) < 4.78 is 5.54. The third-order valence-electron chi connectivity index (χ3n) is 6.23. The lowest BCUT2D eigenvalue weighted by molar-refractivity contribution is -0.123. The van der Waals surface area contributed by atoms with E-state index in [1.165, 1.54) is 43.4 Å². The van der Waals surface area contributed by atoms with Gasteiger partial charge in [0.25, 0.3) is 5.91 Å². The molecule has 0 aromatic carbocycles. The summed E-state index contributed by atoms with van der Waals surface area (Å²) >= 11 is 1.52. The van der Waals surface area contributed by atoms with Crippen LogP contribution in [0.3, 0.4) is 0 Å². The van der Waals surface area contributed by atoms with Crippen LogP contribution in [0.5, 0.6) is 0 Å². The summed E-state index contributed by atoms with van der Waals surface area (Å²) in [6.45, 7) is 4.43. The van der Waals surface area contributed by atoms with E-state index < -0.39 is 0 Å². The number of hydrogen-bond acceptors (Lipinski definition) is 7. The topological polar surface area (TPSA) is 86.8 Å². The minimum absolute atomic E-state index is 0.00886. The van der Waals surface area contributed by atoms with Crippen molar-refractivity contribution in [1.82, 2.24) is 20.1 Å². The van der Waals surface area contributed by atoms with Crippen LogP contribution in [0.4, 0.5) is 5.13 Å². The van der Waals surface area contributed by atoms with Gasteiger partial charge in [-0.1, -0.05) is 19.3 Å². The zero-order valence-corrected chi connectivity index (χ0v) is 18.4. The highest BCUT2D eigenvalue weighted by Crippen LogP contribution is 2.24. The molecule has 1 saturated carbocycles. The van der Waals surface area contributed by atoms with Gasteiger partial charge in [0.05, 0.1) is 12.6 Å². The van der Waals surface area contributed by atoms with E-state index in [1.54, 1.807) is 0 Å². The molecule has 3 heterocycles. The maximum atomic E-state index is 12.8. The SMILES string of the molecule is O=C(CN1CCN(C(=O)c2csc(NC3CCCCC3)n2)CC1)NCC1CCCO1. The fraction of sp³-hybridized carbons (Fsp3) is 0.762. The minimum Gasteiger partial charge on any atom is -0.376 e. The second kappa shape index (κ2) is 10.5. The average molecular weight is 436 g/mol. The lowest BCUT2D eigenvalue weighted by Crippen LogP contribution is -2.51. The number of nitrogens with zero attached hydrogens (tertiary/aromatic N) is 3. The Bertz CT molecular complexity index is 707. The van der Waals surface area contributed by atoms with Crippen LogP contribution in [0, 0.1) is 0 Å². The number of carbonyl (C=O) groups is 2. The van der Waals surface area contributed by atoms with Crippen LogP contribution >= 0.6 is 11.3 Å². The molecule has 9 heteroatoms. The Morgan fingerprint density at radius 2 is 1.90 bits per heavy atom. The van der Waals surface area contributed by atoms with Crippen molar-refractivity contribution in [2.24, 2.45) is 0 Å². The summed E-state index contributed by atoms with van der Waals surface area (Å²) in [5.41, 5.74) is 0.529. The largest absolute Gasteiger partial charge is 0.376 e. The molecular formula is C21H33N5O3S. The average Bonchev–Trinajstić information content (AvgIpc) is 3.45. The van der Waals surface area contributed by atoms with Gasteiger partial charge in [0.1, 0.15) is 5.69 Å². The molecule has 30 heavy (non-hydrogen) atoms. The number of carbonyl (C=O) groups excluding carboxylic acids is 2. The van der Waals surface area contributed by atoms with Crippen molar-refractivity contribution in [2.75, 3.05) is 51.2 Å². The fourth-order valence-corrected chi connectivity index (χ4v) is 5.19. The van der Waals surface area contributed by atoms with E-state index in [0.717, 1.165) is 24.6 Å². The molecule has 2 saturated heterocycles. The maximum absolute atomic E-state index is 12.8. The van der Waals surface area contributed by atoms with Crippen LogP contribution < -0.4 is 10.6 Å². The van der Waals surface area contributed by atoms with Crippen LogP contribution in [-0.4, -0.2) is 84.6 Å². The Morgan fingerprint density at radius 3 is 2.63 bits per heavy atom. The third kappa shape index (κ3) is 5.92. The second-order valence-corrected chi connectivity index (χ2v) is 9.38. The van der Waals surface area contributed by atoms with Crippen molar-refractivity contribution in [3.8, 4) is 0 Å². The van der Waals surface area contributed by atoms with Gasteiger partial charge in [0.2, 0.25) is 5.91 Å². The van der Waals surface area contributed by atoms with Crippen LogP contribution in [-0.2, 0) is 9.53 Å². The minimum atomic E-state index is -0.00886. The van der Waals surface area contributed by atoms with E-state index in [9.17, 15) is 9.59 Å². The summed E-state index contributed by atoms with van der Waals surface area (Å²) in [5.74, 6) is 0.0219. The first-order valence-corrected chi connectivity index (χ1v) is 12.2. The molecule has 166 valence electrons. The van der Waals surface area contributed by atoms with Gasteiger partial charge < -0.3 is 20.3 Å². The van der Waals surface area contributed by atoms with Crippen LogP contribution in [0.15, 0.2) is 5.38 Å². The monoisotopic (exact) mass is 435 g/mol. The first-order chi connectivity index (χ1) is 14.7. The smallest absolute Gasteiger partial charge is 0.273 e. The number of aromatic nitrogens is 1. The number of anilines is 1. The molecule has 1 unspecified atom stereocenters. The van der Waals surface area contributed by atoms with Gasteiger partial charge in [-0.2, -0.15) is 0 Å². The number of hydrogen-bond donors (Lipinski definition) is 2. The number of piperazine rings is 1. The molecule has 4 rings (SSSR count). The van der Waals surface area contributed by atoms with Gasteiger partial charge in [-0.05, 0) is 25.7 Å². The molecule has 1 aromatic heterocycles. The molecule has 3 aliphatic rings. The van der Waals surface area contributed by atoms with E-state index in [-0.39, 0.29) is 17.9 Å². The summed E-state index contributed by atoms with van der Waals surface area (Å²) in [6, 6.07) is 0.489. The van der Waals surface area contributed by atoms with E-state index in [0.29, 0.717) is 51.0 Å². The van der Waals surface area contributed by atoms with Gasteiger partial charge >= 0.3 is 0 Å². The third-order valence-corrected chi connectivity index (χ3v) is 7.01. The standard InChI is InChI=1S/C21H33N5O3S/c27-19(22-13-17-7-4-12-29-17)14-25-8-10-26(11-9-25)20(28)18-15-30-21(24-18)23-16-5-2-1-3-6-16/h15-17H,1-14H2,(H,22,27)(H,23,24). The lowest BCUT2D eigenvalue weighted by atomic mass is 9.96. The van der Waals surface area contributed by atoms with E-state index in [1.807, 2.05) is 10.3 Å². The molecule has 1 atom stereocenters. The zero-order valence-electron chi connectivity index (χ0n) is 17.6. The van der Waals surface area contributed by atoms with Crippen molar-refractivity contribution in [1.29, 1.82) is 0 Å². The Labute approximate surface area is 182 Å². The van der Waals surface area contributed by atoms with Crippen LogP contribution in [0.1, 0.15) is 55.4 Å². The zero-order chi connectivity index (χ0) is 20.8. The van der Waals surface area contributed by atoms with Crippen molar-refractivity contribution >= 4 is 28.3 Å². The van der Waals surface area contributed by atoms with E-state index in [2.05, 4.69) is 20.5 Å². The number of nitrogens with one attached hydrogen (secondary N) is 2. The predicted octanol–water partition coefficient (Wildman–Crippen LogP) is 1.94. The first kappa shape index (κ1) is 21.5. The number of ether oxygens (including phenoxy) is 1. The van der Waals surface area contributed by atoms with E-state index in [4.69, 9.17) is 4.74 Å². The molecule has 0 spiro atoms. The van der Waals surface area contributed by atoms with Gasteiger partial charge in [-0.25, -0.2) is 4.98 Å². The normalized spacial score (nSPS) is 23.5.